The molecule has 0 spiro atoms. The standard InChI is InChI=1S/C14H22N2O2/c1-10(2)8-12(15)13(17)14(18)16-9-11-6-4-3-5-7-11/h3-7,10,12-13,17H,8-9,15H2,1-2H3,(H,16,18)/t12-,13?/m0/s1. The van der Waals surface area contributed by atoms with Gasteiger partial charge >= 0.3 is 0 Å². The van der Waals surface area contributed by atoms with Crippen molar-refractivity contribution in [3.05, 3.63) is 35.9 Å². The Morgan fingerprint density at radius 1 is 1.33 bits per heavy atom. The Labute approximate surface area is 108 Å². The number of carbonyl (C=O) groups excluding carboxylic acids is 1. The van der Waals surface area contributed by atoms with Crippen molar-refractivity contribution < 1.29 is 9.90 Å². The van der Waals surface area contributed by atoms with Crippen LogP contribution in [0.1, 0.15) is 25.8 Å². The second kappa shape index (κ2) is 7.13. The van der Waals surface area contributed by atoms with Crippen molar-refractivity contribution in [2.75, 3.05) is 0 Å². The van der Waals surface area contributed by atoms with Gasteiger partial charge in [0.15, 0.2) is 0 Å². The van der Waals surface area contributed by atoms with E-state index in [0.29, 0.717) is 18.9 Å². The van der Waals surface area contributed by atoms with Crippen molar-refractivity contribution in [2.45, 2.75) is 39.0 Å². The zero-order valence-corrected chi connectivity index (χ0v) is 11.0. The highest BCUT2D eigenvalue weighted by atomic mass is 16.3. The molecule has 0 aromatic heterocycles. The molecule has 1 rings (SSSR count). The van der Waals surface area contributed by atoms with Crippen molar-refractivity contribution in [3.8, 4) is 0 Å². The minimum Gasteiger partial charge on any atom is -0.382 e. The number of benzene rings is 1. The average molecular weight is 250 g/mol. The van der Waals surface area contributed by atoms with Crippen LogP contribution in [0.2, 0.25) is 0 Å². The van der Waals surface area contributed by atoms with Gasteiger partial charge in [-0.05, 0) is 17.9 Å². The maximum atomic E-state index is 11.7. The molecule has 0 fully saturated rings. The number of carbonyl (C=O) groups is 1. The molecule has 0 radical (unpaired) electrons. The number of rotatable bonds is 6. The highest BCUT2D eigenvalue weighted by molar-refractivity contribution is 5.81. The average Bonchev–Trinajstić information content (AvgIpc) is 2.35. The quantitative estimate of drug-likeness (QED) is 0.706. The Balaban J connectivity index is 2.40. The van der Waals surface area contributed by atoms with Gasteiger partial charge in [0.25, 0.3) is 5.91 Å². The molecule has 1 amide bonds. The Kier molecular flexibility index (Phi) is 5.82. The lowest BCUT2D eigenvalue weighted by Crippen LogP contribution is -2.46. The summed E-state index contributed by atoms with van der Waals surface area (Å²) >= 11 is 0. The summed E-state index contributed by atoms with van der Waals surface area (Å²) in [7, 11) is 0. The SMILES string of the molecule is CC(C)C[C@H](N)C(O)C(=O)NCc1ccccc1. The summed E-state index contributed by atoms with van der Waals surface area (Å²) in [6.07, 6.45) is -0.518. The fourth-order valence-electron chi connectivity index (χ4n) is 1.76. The first kappa shape index (κ1) is 14.7. The molecule has 1 aromatic rings. The van der Waals surface area contributed by atoms with Gasteiger partial charge in [-0.2, -0.15) is 0 Å². The maximum Gasteiger partial charge on any atom is 0.250 e. The lowest BCUT2D eigenvalue weighted by atomic mass is 9.99. The van der Waals surface area contributed by atoms with Gasteiger partial charge in [0.2, 0.25) is 0 Å². The van der Waals surface area contributed by atoms with Crippen LogP contribution >= 0.6 is 0 Å². The van der Waals surface area contributed by atoms with Gasteiger partial charge in [-0.1, -0.05) is 44.2 Å². The molecule has 0 saturated heterocycles. The van der Waals surface area contributed by atoms with E-state index >= 15 is 0 Å². The number of aliphatic hydroxyl groups is 1. The van der Waals surface area contributed by atoms with Crippen LogP contribution in [0.25, 0.3) is 0 Å². The van der Waals surface area contributed by atoms with Crippen LogP contribution in [0.5, 0.6) is 0 Å². The predicted molar refractivity (Wildman–Crippen MR) is 71.7 cm³/mol. The normalized spacial score (nSPS) is 14.3. The van der Waals surface area contributed by atoms with Crippen molar-refractivity contribution in [2.24, 2.45) is 11.7 Å². The zero-order chi connectivity index (χ0) is 13.5. The van der Waals surface area contributed by atoms with Crippen LogP contribution in [0.3, 0.4) is 0 Å². The second-order valence-corrected chi connectivity index (χ2v) is 4.94. The van der Waals surface area contributed by atoms with Crippen LogP contribution in [-0.2, 0) is 11.3 Å². The minimum absolute atomic E-state index is 0.358. The maximum absolute atomic E-state index is 11.7. The number of nitrogens with one attached hydrogen (secondary N) is 1. The fraction of sp³-hybridized carbons (Fsp3) is 0.500. The van der Waals surface area contributed by atoms with Crippen molar-refractivity contribution >= 4 is 5.91 Å². The Hall–Kier alpha value is -1.39. The highest BCUT2D eigenvalue weighted by Crippen LogP contribution is 2.06. The molecule has 0 bridgehead atoms. The highest BCUT2D eigenvalue weighted by Gasteiger charge is 2.23. The van der Waals surface area contributed by atoms with E-state index in [4.69, 9.17) is 5.73 Å². The third kappa shape index (κ3) is 4.85. The molecule has 0 heterocycles. The number of hydrogen-bond acceptors (Lipinski definition) is 3. The minimum atomic E-state index is -1.14. The summed E-state index contributed by atoms with van der Waals surface area (Å²) < 4.78 is 0. The molecule has 0 aliphatic rings. The summed E-state index contributed by atoms with van der Waals surface area (Å²) in [4.78, 5) is 11.7. The van der Waals surface area contributed by atoms with E-state index in [1.165, 1.54) is 0 Å². The van der Waals surface area contributed by atoms with Gasteiger partial charge in [0.1, 0.15) is 6.10 Å². The first-order chi connectivity index (χ1) is 8.50. The van der Waals surface area contributed by atoms with Gasteiger partial charge in [-0.25, -0.2) is 0 Å². The second-order valence-electron chi connectivity index (χ2n) is 4.94. The van der Waals surface area contributed by atoms with E-state index in [2.05, 4.69) is 5.32 Å². The van der Waals surface area contributed by atoms with Gasteiger partial charge < -0.3 is 16.2 Å². The third-order valence-corrected chi connectivity index (χ3v) is 2.73. The Morgan fingerprint density at radius 2 is 1.94 bits per heavy atom. The Bertz CT molecular complexity index is 365. The summed E-state index contributed by atoms with van der Waals surface area (Å²) in [5.41, 5.74) is 6.77. The van der Waals surface area contributed by atoms with E-state index in [1.807, 2.05) is 44.2 Å². The molecule has 4 heteroatoms. The van der Waals surface area contributed by atoms with E-state index in [9.17, 15) is 9.90 Å². The first-order valence-corrected chi connectivity index (χ1v) is 6.26. The molecule has 0 saturated carbocycles. The largest absolute Gasteiger partial charge is 0.382 e. The third-order valence-electron chi connectivity index (χ3n) is 2.73. The van der Waals surface area contributed by atoms with Crippen LogP contribution in [-0.4, -0.2) is 23.2 Å². The van der Waals surface area contributed by atoms with Crippen molar-refractivity contribution in [3.63, 3.8) is 0 Å². The van der Waals surface area contributed by atoms with Gasteiger partial charge in [0, 0.05) is 12.6 Å². The summed E-state index contributed by atoms with van der Waals surface area (Å²) in [5.74, 6) is -0.0522. The van der Waals surface area contributed by atoms with E-state index in [0.717, 1.165) is 5.56 Å². The molecule has 18 heavy (non-hydrogen) atoms. The van der Waals surface area contributed by atoms with E-state index < -0.39 is 18.1 Å². The molecule has 0 aliphatic carbocycles. The van der Waals surface area contributed by atoms with Crippen molar-refractivity contribution in [1.82, 2.24) is 5.32 Å². The lowest BCUT2D eigenvalue weighted by molar-refractivity contribution is -0.130. The van der Waals surface area contributed by atoms with E-state index in [1.54, 1.807) is 0 Å². The molecule has 0 aliphatic heterocycles. The predicted octanol–water partition coefficient (Wildman–Crippen LogP) is 1.04. The molecular formula is C14H22N2O2. The fourth-order valence-corrected chi connectivity index (χ4v) is 1.76. The van der Waals surface area contributed by atoms with Crippen molar-refractivity contribution in [1.29, 1.82) is 0 Å². The lowest BCUT2D eigenvalue weighted by Gasteiger charge is -2.19. The van der Waals surface area contributed by atoms with Gasteiger partial charge in [-0.3, -0.25) is 4.79 Å². The zero-order valence-electron chi connectivity index (χ0n) is 11.0. The van der Waals surface area contributed by atoms with Crippen LogP contribution in [0, 0.1) is 5.92 Å². The molecule has 1 unspecified atom stereocenters. The number of amides is 1. The smallest absolute Gasteiger partial charge is 0.250 e. The van der Waals surface area contributed by atoms with Gasteiger partial charge in [-0.15, -0.1) is 0 Å². The monoisotopic (exact) mass is 250 g/mol. The summed E-state index contributed by atoms with van der Waals surface area (Å²) in [6.45, 7) is 4.42. The molecule has 4 N–H and O–H groups in total. The molecule has 2 atom stereocenters. The topological polar surface area (TPSA) is 75.3 Å². The molecule has 4 nitrogen and oxygen atoms in total. The molecular weight excluding hydrogens is 228 g/mol. The van der Waals surface area contributed by atoms with Crippen LogP contribution in [0.4, 0.5) is 0 Å². The number of hydrogen-bond donors (Lipinski definition) is 3. The number of aliphatic hydroxyl groups excluding tert-OH is 1. The van der Waals surface area contributed by atoms with Crippen LogP contribution < -0.4 is 11.1 Å². The van der Waals surface area contributed by atoms with Crippen LogP contribution in [0.15, 0.2) is 30.3 Å². The van der Waals surface area contributed by atoms with Gasteiger partial charge in [0.05, 0.1) is 0 Å². The first-order valence-electron chi connectivity index (χ1n) is 6.26. The summed E-state index contributed by atoms with van der Waals surface area (Å²) in [6, 6.07) is 9.05. The molecule has 100 valence electrons. The van der Waals surface area contributed by atoms with E-state index in [-0.39, 0.29) is 0 Å². The summed E-state index contributed by atoms with van der Waals surface area (Å²) in [5, 5.41) is 12.5. The number of nitrogens with two attached hydrogens (primary N) is 1. The Morgan fingerprint density at radius 3 is 2.50 bits per heavy atom. The molecule has 1 aromatic carbocycles.